The van der Waals surface area contributed by atoms with Crippen LogP contribution in [0.3, 0.4) is 0 Å². The first-order valence-electron chi connectivity index (χ1n) is 5.91. The van der Waals surface area contributed by atoms with Gasteiger partial charge in [-0.3, -0.25) is 4.79 Å². The first-order valence-corrected chi connectivity index (χ1v) is 5.91. The van der Waals surface area contributed by atoms with Gasteiger partial charge >= 0.3 is 0 Å². The molecule has 0 heterocycles. The molecule has 90 valence electrons. The molecule has 0 aliphatic carbocycles. The number of carbonyl (C=O) groups excluding carboxylic acids is 1. The molecule has 0 aromatic heterocycles. The summed E-state index contributed by atoms with van der Waals surface area (Å²) in [5.74, 6) is -0.157. The van der Waals surface area contributed by atoms with Crippen molar-refractivity contribution in [3.05, 3.63) is 35.9 Å². The highest BCUT2D eigenvalue weighted by atomic mass is 16.2. The lowest BCUT2D eigenvalue weighted by atomic mass is 10.00. The Kier molecular flexibility index (Phi) is 5.22. The Bertz CT molecular complexity index is 394. The second kappa shape index (κ2) is 6.70. The maximum absolute atomic E-state index is 12.2. The Morgan fingerprint density at radius 3 is 2.59 bits per heavy atom. The Morgan fingerprint density at radius 1 is 1.41 bits per heavy atom. The normalized spacial score (nSPS) is 11.6. The molecule has 1 aromatic carbocycles. The van der Waals surface area contributed by atoms with Crippen LogP contribution in [0.2, 0.25) is 0 Å². The van der Waals surface area contributed by atoms with Crippen molar-refractivity contribution in [2.24, 2.45) is 0 Å². The average Bonchev–Trinajstić information content (AvgIpc) is 2.38. The predicted molar refractivity (Wildman–Crippen MR) is 67.3 cm³/mol. The molecule has 1 aromatic rings. The second-order valence-electron chi connectivity index (χ2n) is 4.05. The Balaban J connectivity index is 2.77. The van der Waals surface area contributed by atoms with E-state index in [0.717, 1.165) is 12.0 Å². The van der Waals surface area contributed by atoms with Crippen molar-refractivity contribution in [2.45, 2.75) is 26.2 Å². The molecule has 0 saturated carbocycles. The standard InChI is InChI=1S/C14H18N2O/c1-3-10-16(11-9-15)14(17)12(2)13-7-5-4-6-8-13/h4-8,12H,3,10-11H2,1-2H3. The van der Waals surface area contributed by atoms with Crippen LogP contribution in [0.4, 0.5) is 0 Å². The summed E-state index contributed by atoms with van der Waals surface area (Å²) in [5.41, 5.74) is 0.997. The first-order chi connectivity index (χ1) is 8.20. The third kappa shape index (κ3) is 3.60. The highest BCUT2D eigenvalue weighted by Gasteiger charge is 2.20. The van der Waals surface area contributed by atoms with Gasteiger partial charge in [0.25, 0.3) is 0 Å². The van der Waals surface area contributed by atoms with Crippen LogP contribution in [0.25, 0.3) is 0 Å². The van der Waals surface area contributed by atoms with Crippen molar-refractivity contribution in [1.29, 1.82) is 5.26 Å². The zero-order valence-electron chi connectivity index (χ0n) is 10.4. The summed E-state index contributed by atoms with van der Waals surface area (Å²) in [6.07, 6.45) is 0.870. The van der Waals surface area contributed by atoms with Gasteiger partial charge in [0.2, 0.25) is 5.91 Å². The summed E-state index contributed by atoms with van der Waals surface area (Å²) in [6.45, 7) is 4.70. The fraction of sp³-hybridized carbons (Fsp3) is 0.429. The van der Waals surface area contributed by atoms with E-state index in [-0.39, 0.29) is 18.4 Å². The Morgan fingerprint density at radius 2 is 2.06 bits per heavy atom. The lowest BCUT2D eigenvalue weighted by Crippen LogP contribution is -2.35. The molecule has 1 atom stereocenters. The Labute approximate surface area is 103 Å². The highest BCUT2D eigenvalue weighted by molar-refractivity contribution is 5.83. The van der Waals surface area contributed by atoms with Gasteiger partial charge < -0.3 is 4.90 Å². The Hall–Kier alpha value is -1.82. The summed E-state index contributed by atoms with van der Waals surface area (Å²) in [7, 11) is 0. The lowest BCUT2D eigenvalue weighted by molar-refractivity contribution is -0.131. The van der Waals surface area contributed by atoms with Crippen LogP contribution in [-0.2, 0) is 4.79 Å². The van der Waals surface area contributed by atoms with E-state index in [4.69, 9.17) is 5.26 Å². The molecule has 17 heavy (non-hydrogen) atoms. The van der Waals surface area contributed by atoms with Crippen molar-refractivity contribution in [2.75, 3.05) is 13.1 Å². The van der Waals surface area contributed by atoms with Gasteiger partial charge in [-0.25, -0.2) is 0 Å². The maximum Gasteiger partial charge on any atom is 0.230 e. The molecule has 0 aliphatic rings. The van der Waals surface area contributed by atoms with E-state index in [1.165, 1.54) is 0 Å². The van der Waals surface area contributed by atoms with E-state index in [1.807, 2.05) is 50.2 Å². The minimum Gasteiger partial charge on any atom is -0.329 e. The largest absolute Gasteiger partial charge is 0.329 e. The topological polar surface area (TPSA) is 44.1 Å². The van der Waals surface area contributed by atoms with Gasteiger partial charge in [0.15, 0.2) is 0 Å². The van der Waals surface area contributed by atoms with Crippen LogP contribution in [0, 0.1) is 11.3 Å². The molecule has 1 amide bonds. The SMILES string of the molecule is CCCN(CC#N)C(=O)C(C)c1ccccc1. The van der Waals surface area contributed by atoms with Gasteiger partial charge in [-0.05, 0) is 18.9 Å². The van der Waals surface area contributed by atoms with E-state index >= 15 is 0 Å². The van der Waals surface area contributed by atoms with Crippen LogP contribution in [0.15, 0.2) is 30.3 Å². The number of carbonyl (C=O) groups is 1. The van der Waals surface area contributed by atoms with Crippen molar-refractivity contribution < 1.29 is 4.79 Å². The molecule has 3 heteroatoms. The number of benzene rings is 1. The molecule has 1 unspecified atom stereocenters. The quantitative estimate of drug-likeness (QED) is 0.730. The molecular weight excluding hydrogens is 212 g/mol. The second-order valence-corrected chi connectivity index (χ2v) is 4.05. The first kappa shape index (κ1) is 13.2. The molecule has 0 spiro atoms. The van der Waals surface area contributed by atoms with E-state index in [1.54, 1.807) is 4.90 Å². The van der Waals surface area contributed by atoms with E-state index in [0.29, 0.717) is 6.54 Å². The number of amides is 1. The summed E-state index contributed by atoms with van der Waals surface area (Å²) >= 11 is 0. The molecule has 0 N–H and O–H groups in total. The molecule has 0 aliphatic heterocycles. The van der Waals surface area contributed by atoms with E-state index in [9.17, 15) is 4.79 Å². The van der Waals surface area contributed by atoms with Gasteiger partial charge in [0.05, 0.1) is 12.0 Å². The van der Waals surface area contributed by atoms with Crippen molar-refractivity contribution >= 4 is 5.91 Å². The van der Waals surface area contributed by atoms with Gasteiger partial charge in [0, 0.05) is 6.54 Å². The maximum atomic E-state index is 12.2. The monoisotopic (exact) mass is 230 g/mol. The van der Waals surface area contributed by atoms with E-state index < -0.39 is 0 Å². The fourth-order valence-electron chi connectivity index (χ4n) is 1.78. The van der Waals surface area contributed by atoms with Crippen LogP contribution in [0.1, 0.15) is 31.7 Å². The molecule has 0 fully saturated rings. The van der Waals surface area contributed by atoms with Gasteiger partial charge in [-0.15, -0.1) is 0 Å². The van der Waals surface area contributed by atoms with Crippen LogP contribution < -0.4 is 0 Å². The van der Waals surface area contributed by atoms with Crippen LogP contribution in [0.5, 0.6) is 0 Å². The molecular formula is C14H18N2O. The zero-order chi connectivity index (χ0) is 12.7. The third-order valence-corrected chi connectivity index (χ3v) is 2.74. The average molecular weight is 230 g/mol. The van der Waals surface area contributed by atoms with Crippen molar-refractivity contribution in [3.63, 3.8) is 0 Å². The highest BCUT2D eigenvalue weighted by Crippen LogP contribution is 2.17. The van der Waals surface area contributed by atoms with Gasteiger partial charge in [-0.1, -0.05) is 37.3 Å². The number of hydrogen-bond acceptors (Lipinski definition) is 2. The smallest absolute Gasteiger partial charge is 0.230 e. The molecule has 0 bridgehead atoms. The van der Waals surface area contributed by atoms with Crippen molar-refractivity contribution in [1.82, 2.24) is 4.90 Å². The predicted octanol–water partition coefficient (Wildman–Crippen LogP) is 2.55. The molecule has 1 rings (SSSR count). The van der Waals surface area contributed by atoms with E-state index in [2.05, 4.69) is 0 Å². The molecule has 3 nitrogen and oxygen atoms in total. The minimum absolute atomic E-state index is 0.0274. The summed E-state index contributed by atoms with van der Waals surface area (Å²) in [4.78, 5) is 13.8. The summed E-state index contributed by atoms with van der Waals surface area (Å²) in [6, 6.07) is 11.7. The van der Waals surface area contributed by atoms with Crippen LogP contribution in [-0.4, -0.2) is 23.9 Å². The fourth-order valence-corrected chi connectivity index (χ4v) is 1.78. The van der Waals surface area contributed by atoms with Crippen molar-refractivity contribution in [3.8, 4) is 6.07 Å². The van der Waals surface area contributed by atoms with Gasteiger partial charge in [-0.2, -0.15) is 5.26 Å². The summed E-state index contributed by atoms with van der Waals surface area (Å²) in [5, 5.41) is 8.72. The van der Waals surface area contributed by atoms with Gasteiger partial charge in [0.1, 0.15) is 6.54 Å². The zero-order valence-corrected chi connectivity index (χ0v) is 10.4. The number of hydrogen-bond donors (Lipinski definition) is 0. The minimum atomic E-state index is -0.184. The summed E-state index contributed by atoms with van der Waals surface area (Å²) < 4.78 is 0. The number of rotatable bonds is 5. The number of nitriles is 1. The number of nitrogens with zero attached hydrogens (tertiary/aromatic N) is 2. The third-order valence-electron chi connectivity index (χ3n) is 2.74. The molecule has 0 saturated heterocycles. The lowest BCUT2D eigenvalue weighted by Gasteiger charge is -2.23. The molecule has 0 radical (unpaired) electrons. The van der Waals surface area contributed by atoms with Crippen LogP contribution >= 0.6 is 0 Å².